The Morgan fingerprint density at radius 1 is 0.629 bits per heavy atom. The molecule has 35 heavy (non-hydrogen) atoms. The maximum Gasteiger partial charge on any atom is 0.139 e. The Balaban J connectivity index is 1.54. The smallest absolute Gasteiger partial charge is 0.139 e. The van der Waals surface area contributed by atoms with Crippen LogP contribution in [0.15, 0.2) is 72.8 Å². The summed E-state index contributed by atoms with van der Waals surface area (Å²) in [7, 11) is 0. The van der Waals surface area contributed by atoms with Crippen LogP contribution in [0, 0.1) is 24.6 Å². The Morgan fingerprint density at radius 2 is 1.31 bits per heavy atom. The first-order valence-corrected chi connectivity index (χ1v) is 13.0. The summed E-state index contributed by atoms with van der Waals surface area (Å²) >= 11 is 0. The first-order valence-electron chi connectivity index (χ1n) is 13.0. The summed E-state index contributed by atoms with van der Waals surface area (Å²) in [5.74, 6) is 5.95. The molecule has 178 valence electrons. The highest BCUT2D eigenvalue weighted by Crippen LogP contribution is 2.28. The van der Waals surface area contributed by atoms with E-state index in [-0.39, 0.29) is 5.82 Å². The fourth-order valence-electron chi connectivity index (χ4n) is 4.55. The van der Waals surface area contributed by atoms with Crippen molar-refractivity contribution in [1.29, 1.82) is 0 Å². The highest BCUT2D eigenvalue weighted by Gasteiger charge is 2.09. The second-order valence-electron chi connectivity index (χ2n) is 9.55. The molecule has 4 rings (SSSR count). The van der Waals surface area contributed by atoms with Gasteiger partial charge >= 0.3 is 0 Å². The molecule has 1 heteroatoms. The predicted molar refractivity (Wildman–Crippen MR) is 148 cm³/mol. The Bertz CT molecular complexity index is 1330. The SMILES string of the molecule is CCCCCc1ccc2cc(-c3cc(C)c(C#Cc4ccc(CCCC)cc4)c(F)c3)ccc2c1. The molecule has 0 amide bonds. The molecule has 0 spiro atoms. The quantitative estimate of drug-likeness (QED) is 0.181. The molecule has 0 nitrogen and oxygen atoms in total. The van der Waals surface area contributed by atoms with Gasteiger partial charge in [0.1, 0.15) is 5.82 Å². The molecule has 4 aromatic carbocycles. The lowest BCUT2D eigenvalue weighted by Gasteiger charge is -2.09. The van der Waals surface area contributed by atoms with Gasteiger partial charge in [-0.1, -0.05) is 87.4 Å². The fourth-order valence-corrected chi connectivity index (χ4v) is 4.55. The third kappa shape index (κ3) is 6.40. The minimum Gasteiger partial charge on any atom is -0.206 e. The van der Waals surface area contributed by atoms with E-state index >= 15 is 4.39 Å². The second kappa shape index (κ2) is 11.9. The highest BCUT2D eigenvalue weighted by atomic mass is 19.1. The molecule has 0 aromatic heterocycles. The van der Waals surface area contributed by atoms with Crippen molar-refractivity contribution < 1.29 is 4.39 Å². The molecule has 0 heterocycles. The Kier molecular flexibility index (Phi) is 8.38. The molecule has 0 saturated carbocycles. The largest absolute Gasteiger partial charge is 0.206 e. The van der Waals surface area contributed by atoms with Crippen molar-refractivity contribution in [3.05, 3.63) is 106 Å². The number of aryl methyl sites for hydroxylation is 3. The van der Waals surface area contributed by atoms with Crippen LogP contribution in [0.1, 0.15) is 73.8 Å². The van der Waals surface area contributed by atoms with Gasteiger partial charge in [-0.2, -0.15) is 0 Å². The number of halogens is 1. The van der Waals surface area contributed by atoms with Gasteiger partial charge in [0.15, 0.2) is 0 Å². The third-order valence-corrected chi connectivity index (χ3v) is 6.70. The van der Waals surface area contributed by atoms with Gasteiger partial charge in [-0.3, -0.25) is 0 Å². The molecule has 0 saturated heterocycles. The van der Waals surface area contributed by atoms with Crippen LogP contribution in [0.4, 0.5) is 4.39 Å². The third-order valence-electron chi connectivity index (χ3n) is 6.70. The molecular formula is C34H35F. The van der Waals surface area contributed by atoms with Crippen LogP contribution in [0.3, 0.4) is 0 Å². The van der Waals surface area contributed by atoms with Gasteiger partial charge in [-0.15, -0.1) is 0 Å². The lowest BCUT2D eigenvalue weighted by atomic mass is 9.96. The summed E-state index contributed by atoms with van der Waals surface area (Å²) in [5.41, 5.74) is 6.88. The van der Waals surface area contributed by atoms with E-state index in [9.17, 15) is 0 Å². The lowest BCUT2D eigenvalue weighted by molar-refractivity contribution is 0.623. The minimum absolute atomic E-state index is 0.265. The topological polar surface area (TPSA) is 0 Å². The molecule has 4 aromatic rings. The van der Waals surface area contributed by atoms with E-state index in [0.717, 1.165) is 35.1 Å². The van der Waals surface area contributed by atoms with Gasteiger partial charge < -0.3 is 0 Å². The van der Waals surface area contributed by atoms with Crippen LogP contribution in [-0.2, 0) is 12.8 Å². The van der Waals surface area contributed by atoms with E-state index < -0.39 is 0 Å². The van der Waals surface area contributed by atoms with Crippen LogP contribution in [0.2, 0.25) is 0 Å². The van der Waals surface area contributed by atoms with Gasteiger partial charge in [-0.05, 0) is 102 Å². The van der Waals surface area contributed by atoms with Crippen LogP contribution in [-0.4, -0.2) is 0 Å². The van der Waals surface area contributed by atoms with Crippen molar-refractivity contribution in [3.8, 4) is 23.0 Å². The maximum absolute atomic E-state index is 15.1. The van der Waals surface area contributed by atoms with Gasteiger partial charge in [-0.25, -0.2) is 4.39 Å². The first-order chi connectivity index (χ1) is 17.1. The Morgan fingerprint density at radius 3 is 2.06 bits per heavy atom. The number of hydrogen-bond donors (Lipinski definition) is 0. The van der Waals surface area contributed by atoms with E-state index in [2.05, 4.69) is 74.2 Å². The van der Waals surface area contributed by atoms with Crippen molar-refractivity contribution in [1.82, 2.24) is 0 Å². The van der Waals surface area contributed by atoms with Gasteiger partial charge in [0.2, 0.25) is 0 Å². The number of rotatable bonds is 8. The van der Waals surface area contributed by atoms with E-state index in [0.29, 0.717) is 5.56 Å². The highest BCUT2D eigenvalue weighted by molar-refractivity contribution is 5.88. The van der Waals surface area contributed by atoms with Gasteiger partial charge in [0.05, 0.1) is 5.56 Å². The van der Waals surface area contributed by atoms with Gasteiger partial charge in [0.25, 0.3) is 0 Å². The summed E-state index contributed by atoms with van der Waals surface area (Å²) < 4.78 is 15.1. The monoisotopic (exact) mass is 462 g/mol. The van der Waals surface area contributed by atoms with Crippen LogP contribution in [0.5, 0.6) is 0 Å². The summed E-state index contributed by atoms with van der Waals surface area (Å²) in [6.07, 6.45) is 8.35. The normalized spacial score (nSPS) is 10.9. The van der Waals surface area contributed by atoms with Crippen molar-refractivity contribution in [3.63, 3.8) is 0 Å². The van der Waals surface area contributed by atoms with Gasteiger partial charge in [0, 0.05) is 5.56 Å². The van der Waals surface area contributed by atoms with E-state index in [1.165, 1.54) is 54.0 Å². The summed E-state index contributed by atoms with van der Waals surface area (Å²) in [6.45, 7) is 6.37. The molecule has 0 bridgehead atoms. The summed E-state index contributed by atoms with van der Waals surface area (Å²) in [4.78, 5) is 0. The molecule has 0 radical (unpaired) electrons. The standard InChI is InChI=1S/C34H35F/c1-4-6-8-10-28-15-17-30-23-31(19-18-29(30)22-28)32-21-25(3)33(34(35)24-32)20-16-27-13-11-26(12-14-27)9-7-5-2/h11-15,17-19,21-24H,4-10H2,1-3H3. The van der Waals surface area contributed by atoms with Crippen LogP contribution < -0.4 is 0 Å². The maximum atomic E-state index is 15.1. The number of hydrogen-bond acceptors (Lipinski definition) is 0. The number of fused-ring (bicyclic) bond motifs is 1. The van der Waals surface area contributed by atoms with E-state index in [1.54, 1.807) is 6.07 Å². The van der Waals surface area contributed by atoms with E-state index in [1.807, 2.05) is 25.1 Å². The Hall–Kier alpha value is -3.37. The van der Waals surface area contributed by atoms with Crippen molar-refractivity contribution >= 4 is 10.8 Å². The summed E-state index contributed by atoms with van der Waals surface area (Å²) in [6, 6.07) is 25.1. The number of benzene rings is 4. The molecule has 0 N–H and O–H groups in total. The minimum atomic E-state index is -0.265. The van der Waals surface area contributed by atoms with E-state index in [4.69, 9.17) is 0 Å². The van der Waals surface area contributed by atoms with Crippen molar-refractivity contribution in [2.45, 2.75) is 65.7 Å². The fraction of sp³-hybridized carbons (Fsp3) is 0.294. The summed E-state index contributed by atoms with van der Waals surface area (Å²) in [5, 5.41) is 2.43. The molecule has 0 aliphatic rings. The van der Waals surface area contributed by atoms with Crippen LogP contribution >= 0.6 is 0 Å². The molecule has 0 fully saturated rings. The zero-order valence-electron chi connectivity index (χ0n) is 21.3. The Labute approximate surface area is 210 Å². The first kappa shape index (κ1) is 24.7. The average molecular weight is 463 g/mol. The van der Waals surface area contributed by atoms with Crippen LogP contribution in [0.25, 0.3) is 21.9 Å². The average Bonchev–Trinajstić information content (AvgIpc) is 2.87. The number of unbranched alkanes of at least 4 members (excludes halogenated alkanes) is 3. The van der Waals surface area contributed by atoms with Crippen molar-refractivity contribution in [2.24, 2.45) is 0 Å². The molecule has 0 unspecified atom stereocenters. The van der Waals surface area contributed by atoms with Crippen molar-refractivity contribution in [2.75, 3.05) is 0 Å². The molecule has 0 atom stereocenters. The zero-order chi connectivity index (χ0) is 24.6. The molecule has 0 aliphatic heterocycles. The predicted octanol–water partition coefficient (Wildman–Crippen LogP) is 9.43. The second-order valence-corrected chi connectivity index (χ2v) is 9.55. The molecular weight excluding hydrogens is 427 g/mol. The lowest BCUT2D eigenvalue weighted by Crippen LogP contribution is -1.92. The zero-order valence-corrected chi connectivity index (χ0v) is 21.3. The molecule has 0 aliphatic carbocycles.